The Morgan fingerprint density at radius 2 is 1.53 bits per heavy atom. The lowest BCUT2D eigenvalue weighted by Crippen LogP contribution is -2.52. The van der Waals surface area contributed by atoms with E-state index in [9.17, 15) is 38.4 Å². The molecule has 4 N–H and O–H groups in total. The third-order valence-corrected chi connectivity index (χ3v) is 11.0. The Hall–Kier alpha value is -4.67. The fraction of sp³-hybridized carbons (Fsp3) is 0.667. The highest BCUT2D eigenvalue weighted by atomic mass is 32.2. The standard InChI is InChI=1S/C42H67N7O9S/c1-10-20-47(8)36(53)25-44-40(55)38(29(6)7)48(9)42(57)58-26-30-15-17-31(18-16-30)45-34(51)24-43-39(54)37(28(4)5)46-33(50)14-12-11-13-21-49-35(52)23-32(41(49)56)59-22-19-27(2)3/h15-18,27-29,32,37-38H,10-14,19-26H2,1-9H3,(H,43,54)(H,44,55)(H,45,51)(H,46,50). The lowest BCUT2D eigenvalue weighted by molar-refractivity contribution is -0.138. The third-order valence-electron chi connectivity index (χ3n) is 9.80. The van der Waals surface area contributed by atoms with E-state index in [0.717, 1.165) is 18.6 Å². The Kier molecular flexibility index (Phi) is 22.0. The summed E-state index contributed by atoms with van der Waals surface area (Å²) in [6.07, 6.45) is 3.24. The van der Waals surface area contributed by atoms with Gasteiger partial charge >= 0.3 is 6.09 Å². The molecule has 330 valence electrons. The number of imide groups is 1. The normalized spacial score (nSPS) is 14.9. The highest BCUT2D eigenvalue weighted by molar-refractivity contribution is 8.00. The Bertz CT molecular complexity index is 1590. The smallest absolute Gasteiger partial charge is 0.410 e. The van der Waals surface area contributed by atoms with E-state index in [-0.39, 0.29) is 73.3 Å². The molecule has 0 saturated carbocycles. The van der Waals surface area contributed by atoms with Gasteiger partial charge in [-0.15, -0.1) is 11.8 Å². The lowest BCUT2D eigenvalue weighted by atomic mass is 10.0. The molecule has 1 aromatic rings. The van der Waals surface area contributed by atoms with Gasteiger partial charge in [-0.05, 0) is 66.9 Å². The first-order chi connectivity index (χ1) is 27.9. The number of hydrogen-bond donors (Lipinski definition) is 4. The van der Waals surface area contributed by atoms with Crippen molar-refractivity contribution in [2.45, 2.75) is 117 Å². The largest absolute Gasteiger partial charge is 0.445 e. The van der Waals surface area contributed by atoms with Crippen molar-refractivity contribution in [2.75, 3.05) is 51.3 Å². The molecule has 8 amide bonds. The second kappa shape index (κ2) is 25.7. The number of carbonyl (C=O) groups excluding carboxylic acids is 8. The van der Waals surface area contributed by atoms with Gasteiger partial charge in [-0.1, -0.05) is 67.0 Å². The fourth-order valence-electron chi connectivity index (χ4n) is 6.29. The van der Waals surface area contributed by atoms with Crippen LogP contribution in [0, 0.1) is 17.8 Å². The van der Waals surface area contributed by atoms with Crippen molar-refractivity contribution in [3.8, 4) is 0 Å². The summed E-state index contributed by atoms with van der Waals surface area (Å²) < 4.78 is 5.44. The minimum Gasteiger partial charge on any atom is -0.445 e. The third kappa shape index (κ3) is 17.6. The van der Waals surface area contributed by atoms with Gasteiger partial charge in [-0.25, -0.2) is 4.79 Å². The molecule has 0 aromatic heterocycles. The molecular formula is C42H67N7O9S. The van der Waals surface area contributed by atoms with Crippen LogP contribution in [-0.4, -0.2) is 126 Å². The van der Waals surface area contributed by atoms with Gasteiger partial charge < -0.3 is 30.9 Å². The van der Waals surface area contributed by atoms with Gasteiger partial charge in [0.2, 0.25) is 41.4 Å². The number of nitrogens with one attached hydrogen (secondary N) is 4. The second-order valence-electron chi connectivity index (χ2n) is 16.1. The molecule has 1 heterocycles. The van der Waals surface area contributed by atoms with E-state index in [1.165, 1.54) is 21.7 Å². The number of unbranched alkanes of at least 4 members (excludes halogenated alkanes) is 2. The number of amides is 8. The molecule has 0 aliphatic carbocycles. The molecule has 2 rings (SSSR count). The molecule has 1 aliphatic rings. The molecule has 3 unspecified atom stereocenters. The molecule has 0 spiro atoms. The number of likely N-dealkylation sites (N-methyl/N-ethyl adjacent to an activating group) is 2. The minimum atomic E-state index is -0.863. The predicted octanol–water partition coefficient (Wildman–Crippen LogP) is 3.93. The van der Waals surface area contributed by atoms with Crippen molar-refractivity contribution in [3.63, 3.8) is 0 Å². The van der Waals surface area contributed by atoms with Crippen LogP contribution in [0.1, 0.15) is 99.0 Å². The highest BCUT2D eigenvalue weighted by Gasteiger charge is 2.38. The number of likely N-dealkylation sites (tertiary alicyclic amines) is 1. The first kappa shape index (κ1) is 50.5. The van der Waals surface area contributed by atoms with E-state index in [2.05, 4.69) is 35.1 Å². The molecule has 0 radical (unpaired) electrons. The molecule has 17 heteroatoms. The summed E-state index contributed by atoms with van der Waals surface area (Å²) in [7, 11) is 3.13. The van der Waals surface area contributed by atoms with Crippen LogP contribution in [0.3, 0.4) is 0 Å². The zero-order valence-corrected chi connectivity index (χ0v) is 37.2. The van der Waals surface area contributed by atoms with E-state index in [0.29, 0.717) is 49.5 Å². The highest BCUT2D eigenvalue weighted by Crippen LogP contribution is 2.27. The number of ether oxygens (including phenoxy) is 1. The van der Waals surface area contributed by atoms with Crippen LogP contribution < -0.4 is 21.3 Å². The van der Waals surface area contributed by atoms with Crippen LogP contribution in [0.4, 0.5) is 10.5 Å². The maximum atomic E-state index is 13.0. The second-order valence-corrected chi connectivity index (χ2v) is 17.4. The van der Waals surface area contributed by atoms with E-state index in [1.54, 1.807) is 70.8 Å². The van der Waals surface area contributed by atoms with E-state index < -0.39 is 35.9 Å². The number of anilines is 1. The molecule has 3 atom stereocenters. The van der Waals surface area contributed by atoms with Crippen LogP contribution in [0.15, 0.2) is 24.3 Å². The van der Waals surface area contributed by atoms with E-state index in [4.69, 9.17) is 4.74 Å². The number of nitrogens with zero attached hydrogens (tertiary/aromatic N) is 3. The van der Waals surface area contributed by atoms with Gasteiger partial charge in [-0.2, -0.15) is 0 Å². The average Bonchev–Trinajstić information content (AvgIpc) is 3.44. The van der Waals surface area contributed by atoms with Crippen molar-refractivity contribution < 1.29 is 43.1 Å². The Morgan fingerprint density at radius 1 is 0.864 bits per heavy atom. The summed E-state index contributed by atoms with van der Waals surface area (Å²) >= 11 is 1.55. The maximum absolute atomic E-state index is 13.0. The average molecular weight is 846 g/mol. The minimum absolute atomic E-state index is 0.0956. The van der Waals surface area contributed by atoms with Crippen LogP contribution in [0.2, 0.25) is 0 Å². The van der Waals surface area contributed by atoms with E-state index in [1.807, 2.05) is 6.92 Å². The summed E-state index contributed by atoms with van der Waals surface area (Å²) in [6, 6.07) is 4.84. The molecule has 16 nitrogen and oxygen atoms in total. The molecule has 0 bridgehead atoms. The molecule has 1 fully saturated rings. The SMILES string of the molecule is CCCN(C)C(=O)CNC(=O)C(C(C)C)N(C)C(=O)OCc1ccc(NC(=O)CNC(=O)C(NC(=O)CCCCCN2C(=O)CC(SCCC(C)C)C2=O)C(C)C)cc1. The van der Waals surface area contributed by atoms with Crippen molar-refractivity contribution in [3.05, 3.63) is 29.8 Å². The zero-order chi connectivity index (χ0) is 44.2. The van der Waals surface area contributed by atoms with Gasteiger partial charge in [0, 0.05) is 45.7 Å². The van der Waals surface area contributed by atoms with Crippen LogP contribution in [0.25, 0.3) is 0 Å². The molecule has 1 saturated heterocycles. The first-order valence-electron chi connectivity index (χ1n) is 20.7. The summed E-state index contributed by atoms with van der Waals surface area (Å²) in [4.78, 5) is 106. The Labute approximate surface area is 354 Å². The summed E-state index contributed by atoms with van der Waals surface area (Å²) in [5, 5.41) is 10.4. The first-order valence-corrected chi connectivity index (χ1v) is 21.7. The maximum Gasteiger partial charge on any atom is 0.410 e. The van der Waals surface area contributed by atoms with Gasteiger partial charge in [0.15, 0.2) is 0 Å². The van der Waals surface area contributed by atoms with Gasteiger partial charge in [0.25, 0.3) is 0 Å². The van der Waals surface area contributed by atoms with Gasteiger partial charge in [0.05, 0.1) is 18.3 Å². The van der Waals surface area contributed by atoms with Crippen molar-refractivity contribution >= 4 is 64.9 Å². The van der Waals surface area contributed by atoms with Crippen LogP contribution in [0.5, 0.6) is 0 Å². The number of benzene rings is 1. The number of thioether (sulfide) groups is 1. The Balaban J connectivity index is 1.75. The Morgan fingerprint density at radius 3 is 2.14 bits per heavy atom. The van der Waals surface area contributed by atoms with Crippen LogP contribution in [-0.2, 0) is 44.9 Å². The number of hydrogen-bond acceptors (Lipinski definition) is 10. The number of rotatable bonds is 25. The zero-order valence-electron chi connectivity index (χ0n) is 36.4. The van der Waals surface area contributed by atoms with Crippen LogP contribution >= 0.6 is 11.8 Å². The summed E-state index contributed by atoms with van der Waals surface area (Å²) in [5.74, 6) is -1.36. The summed E-state index contributed by atoms with van der Waals surface area (Å²) in [5.41, 5.74) is 1.07. The topological polar surface area (TPSA) is 204 Å². The summed E-state index contributed by atoms with van der Waals surface area (Å²) in [6.45, 7) is 13.7. The van der Waals surface area contributed by atoms with E-state index >= 15 is 0 Å². The van der Waals surface area contributed by atoms with Gasteiger partial charge in [-0.3, -0.25) is 43.4 Å². The molecule has 1 aliphatic heterocycles. The monoisotopic (exact) mass is 845 g/mol. The lowest BCUT2D eigenvalue weighted by Gasteiger charge is -2.29. The predicted molar refractivity (Wildman–Crippen MR) is 228 cm³/mol. The fourth-order valence-corrected chi connectivity index (χ4v) is 7.71. The molecule has 1 aromatic carbocycles. The molecule has 59 heavy (non-hydrogen) atoms. The quantitative estimate of drug-likeness (QED) is 0.0825. The number of carbonyl (C=O) groups is 8. The van der Waals surface area contributed by atoms with Crippen molar-refractivity contribution in [2.24, 2.45) is 17.8 Å². The van der Waals surface area contributed by atoms with Crippen molar-refractivity contribution in [1.82, 2.24) is 30.7 Å². The van der Waals surface area contributed by atoms with Crippen molar-refractivity contribution in [1.29, 1.82) is 0 Å². The molecular weight excluding hydrogens is 779 g/mol. The van der Waals surface area contributed by atoms with Gasteiger partial charge in [0.1, 0.15) is 18.7 Å².